The van der Waals surface area contributed by atoms with Crippen LogP contribution in [0.5, 0.6) is 0 Å². The second-order valence-electron chi connectivity index (χ2n) is 8.79. The van der Waals surface area contributed by atoms with E-state index < -0.39 is 0 Å². The van der Waals surface area contributed by atoms with Gasteiger partial charge in [0.05, 0.1) is 5.69 Å². The van der Waals surface area contributed by atoms with Crippen LogP contribution in [-0.4, -0.2) is 35.4 Å². The zero-order chi connectivity index (χ0) is 21.4. The molecule has 1 aliphatic carbocycles. The van der Waals surface area contributed by atoms with Crippen LogP contribution in [0.1, 0.15) is 53.9 Å². The van der Waals surface area contributed by atoms with Gasteiger partial charge in [-0.1, -0.05) is 43.5 Å². The lowest BCUT2D eigenvalue weighted by molar-refractivity contribution is 0.0983. The maximum atomic E-state index is 12.8. The number of amides is 1. The molecule has 0 unspecified atom stereocenters. The summed E-state index contributed by atoms with van der Waals surface area (Å²) in [5.41, 5.74) is 7.22. The van der Waals surface area contributed by atoms with E-state index in [9.17, 15) is 4.79 Å². The maximum absolute atomic E-state index is 12.8. The molecule has 2 aromatic carbocycles. The summed E-state index contributed by atoms with van der Waals surface area (Å²) in [7, 11) is 3.84. The van der Waals surface area contributed by atoms with Gasteiger partial charge in [0.15, 0.2) is 0 Å². The largest absolute Gasteiger partial charge is 0.383 e. The van der Waals surface area contributed by atoms with Crippen molar-refractivity contribution in [3.8, 4) is 11.3 Å². The first-order valence-corrected chi connectivity index (χ1v) is 12.0. The number of hydrogen-bond donors (Lipinski definition) is 2. The SMILES string of the molecule is CN(C)SNC(=O)c1ccc2c(C3CCCCC3)c3n(c2c1)CCNc1ccccc1-3. The highest BCUT2D eigenvalue weighted by Gasteiger charge is 2.28. The van der Waals surface area contributed by atoms with E-state index in [1.807, 2.05) is 24.5 Å². The predicted molar refractivity (Wildman–Crippen MR) is 130 cm³/mol. The first-order chi connectivity index (χ1) is 15.1. The molecule has 1 aliphatic heterocycles. The molecule has 3 aromatic rings. The average molecular weight is 435 g/mol. The number of rotatable bonds is 4. The molecule has 162 valence electrons. The van der Waals surface area contributed by atoms with Crippen molar-refractivity contribution in [2.75, 3.05) is 26.0 Å². The molecule has 2 heterocycles. The van der Waals surface area contributed by atoms with Gasteiger partial charge in [-0.15, -0.1) is 0 Å². The molecule has 0 bridgehead atoms. The van der Waals surface area contributed by atoms with E-state index in [2.05, 4.69) is 51.0 Å². The van der Waals surface area contributed by atoms with Crippen molar-refractivity contribution >= 4 is 34.6 Å². The van der Waals surface area contributed by atoms with Crippen molar-refractivity contribution < 1.29 is 4.79 Å². The molecule has 1 amide bonds. The fourth-order valence-corrected chi connectivity index (χ4v) is 5.57. The number of anilines is 1. The third-order valence-electron chi connectivity index (χ3n) is 6.53. The first kappa shape index (κ1) is 20.5. The molecule has 1 saturated carbocycles. The van der Waals surface area contributed by atoms with Gasteiger partial charge >= 0.3 is 0 Å². The lowest BCUT2D eigenvalue weighted by atomic mass is 9.81. The zero-order valence-corrected chi connectivity index (χ0v) is 19.1. The Labute approximate surface area is 188 Å². The molecule has 6 heteroatoms. The molecule has 2 aliphatic rings. The molecular formula is C25H30N4OS. The number of para-hydroxylation sites is 1. The minimum absolute atomic E-state index is 0.0532. The molecule has 5 rings (SSSR count). The van der Waals surface area contributed by atoms with Crippen LogP contribution in [-0.2, 0) is 6.54 Å². The number of nitrogens with zero attached hydrogens (tertiary/aromatic N) is 2. The van der Waals surface area contributed by atoms with Gasteiger partial charge in [0.1, 0.15) is 0 Å². The smallest absolute Gasteiger partial charge is 0.262 e. The molecule has 0 spiro atoms. The highest BCUT2D eigenvalue weighted by molar-refractivity contribution is 7.95. The lowest BCUT2D eigenvalue weighted by Gasteiger charge is -2.23. The number of fused-ring (bicyclic) bond motifs is 5. The van der Waals surface area contributed by atoms with Crippen LogP contribution < -0.4 is 10.0 Å². The van der Waals surface area contributed by atoms with Crippen LogP contribution in [0.3, 0.4) is 0 Å². The van der Waals surface area contributed by atoms with Crippen molar-refractivity contribution in [1.82, 2.24) is 13.6 Å². The maximum Gasteiger partial charge on any atom is 0.262 e. The van der Waals surface area contributed by atoms with Crippen LogP contribution in [0.4, 0.5) is 5.69 Å². The average Bonchev–Trinajstić information content (AvgIpc) is 2.99. The van der Waals surface area contributed by atoms with Gasteiger partial charge < -0.3 is 9.88 Å². The lowest BCUT2D eigenvalue weighted by Crippen LogP contribution is -2.20. The highest BCUT2D eigenvalue weighted by atomic mass is 32.2. The Kier molecular flexibility index (Phi) is 5.67. The number of carbonyl (C=O) groups is 1. The van der Waals surface area contributed by atoms with Crippen molar-refractivity contribution in [3.63, 3.8) is 0 Å². The second kappa shape index (κ2) is 8.60. The molecule has 0 atom stereocenters. The van der Waals surface area contributed by atoms with E-state index in [4.69, 9.17) is 0 Å². The third kappa shape index (κ3) is 3.83. The summed E-state index contributed by atoms with van der Waals surface area (Å²) in [6.45, 7) is 1.77. The van der Waals surface area contributed by atoms with Crippen LogP contribution in [0.15, 0.2) is 42.5 Å². The zero-order valence-electron chi connectivity index (χ0n) is 18.3. The Morgan fingerprint density at radius 2 is 1.94 bits per heavy atom. The molecular weight excluding hydrogens is 404 g/mol. The van der Waals surface area contributed by atoms with Crippen molar-refractivity contribution in [1.29, 1.82) is 0 Å². The van der Waals surface area contributed by atoms with E-state index in [1.54, 1.807) is 0 Å². The van der Waals surface area contributed by atoms with Gasteiger partial charge in [0.2, 0.25) is 0 Å². The third-order valence-corrected chi connectivity index (χ3v) is 7.18. The Hall–Kier alpha value is -2.44. The normalized spacial score (nSPS) is 16.5. The first-order valence-electron chi connectivity index (χ1n) is 11.3. The predicted octanol–water partition coefficient (Wildman–Crippen LogP) is 5.64. The number of hydrogen-bond acceptors (Lipinski definition) is 4. The number of benzene rings is 2. The van der Waals surface area contributed by atoms with Gasteiger partial charge in [-0.25, -0.2) is 4.31 Å². The summed E-state index contributed by atoms with van der Waals surface area (Å²) in [5.74, 6) is 0.533. The monoisotopic (exact) mass is 434 g/mol. The van der Waals surface area contributed by atoms with Gasteiger partial charge in [-0.2, -0.15) is 0 Å². The standard InChI is InChI=1S/C25H30N4OS/c1-28(2)31-27-25(30)18-12-13-20-22(16-18)29-15-14-26-21-11-7-6-10-19(21)24(29)23(20)17-8-4-3-5-9-17/h6-7,10-13,16-17,26H,3-5,8-9,14-15H2,1-2H3,(H,27,30). The number of carbonyl (C=O) groups excluding carboxylic acids is 1. The van der Waals surface area contributed by atoms with Gasteiger partial charge in [0, 0.05) is 52.9 Å². The molecule has 2 N–H and O–H groups in total. The van der Waals surface area contributed by atoms with E-state index >= 15 is 0 Å². The van der Waals surface area contributed by atoms with Crippen molar-refractivity contribution in [3.05, 3.63) is 53.6 Å². The minimum atomic E-state index is -0.0532. The topological polar surface area (TPSA) is 49.3 Å². The van der Waals surface area contributed by atoms with E-state index in [0.29, 0.717) is 11.5 Å². The van der Waals surface area contributed by atoms with Crippen LogP contribution in [0.25, 0.3) is 22.2 Å². The molecule has 1 aromatic heterocycles. The molecule has 31 heavy (non-hydrogen) atoms. The Balaban J connectivity index is 1.69. The van der Waals surface area contributed by atoms with E-state index in [0.717, 1.165) is 13.1 Å². The van der Waals surface area contributed by atoms with E-state index in [1.165, 1.54) is 77.6 Å². The number of nitrogens with one attached hydrogen (secondary N) is 2. The van der Waals surface area contributed by atoms with E-state index in [-0.39, 0.29) is 5.91 Å². The summed E-state index contributed by atoms with van der Waals surface area (Å²) in [5, 5.41) is 4.93. The molecule has 0 saturated heterocycles. The quantitative estimate of drug-likeness (QED) is 0.522. The summed E-state index contributed by atoms with van der Waals surface area (Å²) < 4.78 is 7.25. The summed E-state index contributed by atoms with van der Waals surface area (Å²) in [6.07, 6.45) is 6.46. The van der Waals surface area contributed by atoms with Crippen LogP contribution in [0.2, 0.25) is 0 Å². The fourth-order valence-electron chi connectivity index (χ4n) is 5.18. The van der Waals surface area contributed by atoms with Gasteiger partial charge in [0.25, 0.3) is 5.91 Å². The van der Waals surface area contributed by atoms with Crippen molar-refractivity contribution in [2.45, 2.75) is 44.6 Å². The fraction of sp³-hybridized carbons (Fsp3) is 0.400. The molecule has 1 fully saturated rings. The number of aromatic nitrogens is 1. The molecule has 0 radical (unpaired) electrons. The van der Waals surface area contributed by atoms with Crippen LogP contribution in [0, 0.1) is 0 Å². The van der Waals surface area contributed by atoms with Gasteiger partial charge in [-0.05, 0) is 56.6 Å². The Morgan fingerprint density at radius 1 is 1.13 bits per heavy atom. The highest BCUT2D eigenvalue weighted by Crippen LogP contribution is 2.46. The Morgan fingerprint density at radius 3 is 2.74 bits per heavy atom. The molecule has 5 nitrogen and oxygen atoms in total. The summed E-state index contributed by atoms with van der Waals surface area (Å²) >= 11 is 1.31. The summed E-state index contributed by atoms with van der Waals surface area (Å²) in [4.78, 5) is 12.8. The van der Waals surface area contributed by atoms with Crippen LogP contribution >= 0.6 is 12.1 Å². The van der Waals surface area contributed by atoms with Crippen molar-refractivity contribution in [2.24, 2.45) is 0 Å². The summed E-state index contributed by atoms with van der Waals surface area (Å²) in [6, 6.07) is 14.9. The Bertz CT molecular complexity index is 1110. The second-order valence-corrected chi connectivity index (χ2v) is 9.90. The minimum Gasteiger partial charge on any atom is -0.383 e. The van der Waals surface area contributed by atoms with Gasteiger partial charge in [-0.3, -0.25) is 9.52 Å².